The molecule has 0 aromatic rings. The van der Waals surface area contributed by atoms with Crippen LogP contribution < -0.4 is 5.32 Å². The lowest BCUT2D eigenvalue weighted by Crippen LogP contribution is -2.32. The summed E-state index contributed by atoms with van der Waals surface area (Å²) in [5.74, 6) is 0.690. The van der Waals surface area contributed by atoms with Gasteiger partial charge in [0, 0.05) is 6.54 Å². The van der Waals surface area contributed by atoms with Crippen molar-refractivity contribution in [2.75, 3.05) is 13.2 Å². The quantitative estimate of drug-likeness (QED) is 0.562. The summed E-state index contributed by atoms with van der Waals surface area (Å²) in [6.45, 7) is 0.956. The number of amides is 1. The van der Waals surface area contributed by atoms with E-state index in [4.69, 9.17) is 9.94 Å². The fourth-order valence-corrected chi connectivity index (χ4v) is 2.02. The van der Waals surface area contributed by atoms with Crippen molar-refractivity contribution in [3.8, 4) is 0 Å². The highest BCUT2D eigenvalue weighted by Crippen LogP contribution is 2.27. The van der Waals surface area contributed by atoms with Crippen LogP contribution in [0.3, 0.4) is 0 Å². The van der Waals surface area contributed by atoms with Gasteiger partial charge in [-0.1, -0.05) is 5.16 Å². The van der Waals surface area contributed by atoms with Crippen LogP contribution in [0.25, 0.3) is 0 Å². The molecule has 0 bridgehead atoms. The van der Waals surface area contributed by atoms with Crippen molar-refractivity contribution in [2.45, 2.75) is 44.6 Å². The fourth-order valence-electron chi connectivity index (χ4n) is 2.02. The van der Waals surface area contributed by atoms with E-state index < -0.39 is 0 Å². The summed E-state index contributed by atoms with van der Waals surface area (Å²) in [6, 6.07) is 0. The molecule has 0 aromatic heterocycles. The van der Waals surface area contributed by atoms with Crippen LogP contribution in [0.4, 0.5) is 0 Å². The first-order valence-electron chi connectivity index (χ1n) is 6.36. The third-order valence-corrected chi connectivity index (χ3v) is 3.39. The molecule has 0 saturated heterocycles. The predicted octanol–water partition coefficient (Wildman–Crippen LogP) is 1.30. The summed E-state index contributed by atoms with van der Waals surface area (Å²) < 4.78 is 5.54. The van der Waals surface area contributed by atoms with Gasteiger partial charge in [-0.15, -0.1) is 0 Å². The Morgan fingerprint density at radius 2 is 2.06 bits per heavy atom. The molecule has 0 aliphatic heterocycles. The summed E-state index contributed by atoms with van der Waals surface area (Å²) in [5.41, 5.74) is 0.836. The monoisotopic (exact) mass is 240 g/mol. The van der Waals surface area contributed by atoms with Crippen molar-refractivity contribution in [3.05, 3.63) is 0 Å². The smallest absolute Gasteiger partial charge is 0.246 e. The van der Waals surface area contributed by atoms with E-state index in [2.05, 4.69) is 10.5 Å². The molecular formula is C12H20N2O3. The molecule has 2 fully saturated rings. The zero-order chi connectivity index (χ0) is 12.1. The fraction of sp³-hybridized carbons (Fsp3) is 0.833. The van der Waals surface area contributed by atoms with Crippen LogP contribution in [-0.2, 0) is 9.53 Å². The molecule has 5 heteroatoms. The molecule has 0 heterocycles. The topological polar surface area (TPSA) is 70.9 Å². The van der Waals surface area contributed by atoms with Crippen molar-refractivity contribution in [2.24, 2.45) is 11.1 Å². The Hall–Kier alpha value is -1.10. The lowest BCUT2D eigenvalue weighted by atomic mass is 9.96. The van der Waals surface area contributed by atoms with Crippen LogP contribution in [-0.4, -0.2) is 36.1 Å². The van der Waals surface area contributed by atoms with Gasteiger partial charge >= 0.3 is 0 Å². The maximum atomic E-state index is 11.4. The normalized spacial score (nSPS) is 24.5. The summed E-state index contributed by atoms with van der Waals surface area (Å²) in [5, 5.41) is 14.7. The number of nitrogens with one attached hydrogen (secondary N) is 1. The van der Waals surface area contributed by atoms with E-state index in [1.807, 2.05) is 0 Å². The number of ether oxygens (including phenoxy) is 1. The number of hydrogen-bond acceptors (Lipinski definition) is 4. The second-order valence-electron chi connectivity index (χ2n) is 4.92. The minimum Gasteiger partial charge on any atom is -0.411 e. The van der Waals surface area contributed by atoms with E-state index in [0.29, 0.717) is 5.92 Å². The molecule has 2 rings (SSSR count). The van der Waals surface area contributed by atoms with Gasteiger partial charge in [0.25, 0.3) is 0 Å². The zero-order valence-corrected chi connectivity index (χ0v) is 10.0. The minimum atomic E-state index is -0.0153. The molecule has 2 aliphatic rings. The Bertz CT molecular complexity index is 290. The van der Waals surface area contributed by atoms with Crippen molar-refractivity contribution in [1.82, 2.24) is 5.32 Å². The van der Waals surface area contributed by atoms with Crippen molar-refractivity contribution >= 4 is 11.6 Å². The molecule has 2 aliphatic carbocycles. The first-order valence-corrected chi connectivity index (χ1v) is 6.36. The molecule has 0 spiro atoms. The summed E-state index contributed by atoms with van der Waals surface area (Å²) in [6.07, 6.45) is 5.84. The van der Waals surface area contributed by atoms with Gasteiger partial charge in [-0.3, -0.25) is 4.79 Å². The molecular weight excluding hydrogens is 220 g/mol. The maximum Gasteiger partial charge on any atom is 0.246 e. The summed E-state index contributed by atoms with van der Waals surface area (Å²) in [7, 11) is 0. The highest BCUT2D eigenvalue weighted by molar-refractivity contribution is 5.84. The van der Waals surface area contributed by atoms with Gasteiger partial charge in [-0.2, -0.15) is 0 Å². The van der Waals surface area contributed by atoms with Gasteiger partial charge in [-0.05, 0) is 44.4 Å². The van der Waals surface area contributed by atoms with Gasteiger partial charge in [0.1, 0.15) is 6.61 Å². The highest BCUT2D eigenvalue weighted by atomic mass is 16.5. The predicted molar refractivity (Wildman–Crippen MR) is 63.2 cm³/mol. The Kier molecular flexibility index (Phi) is 4.36. The second-order valence-corrected chi connectivity index (χ2v) is 4.92. The minimum absolute atomic E-state index is 0.0153. The van der Waals surface area contributed by atoms with Crippen LogP contribution in [0.1, 0.15) is 38.5 Å². The Morgan fingerprint density at radius 3 is 2.65 bits per heavy atom. The summed E-state index contributed by atoms with van der Waals surface area (Å²) >= 11 is 0. The molecule has 2 N–H and O–H groups in total. The molecule has 0 atom stereocenters. The van der Waals surface area contributed by atoms with Crippen LogP contribution in [0.5, 0.6) is 0 Å². The molecule has 0 aromatic carbocycles. The maximum absolute atomic E-state index is 11.4. The van der Waals surface area contributed by atoms with E-state index in [9.17, 15) is 4.79 Å². The molecule has 0 unspecified atom stereocenters. The molecule has 1 amide bonds. The van der Waals surface area contributed by atoms with E-state index in [-0.39, 0.29) is 18.6 Å². The first kappa shape index (κ1) is 12.4. The molecule has 0 radical (unpaired) electrons. The van der Waals surface area contributed by atoms with Gasteiger partial charge in [0.05, 0.1) is 11.8 Å². The Morgan fingerprint density at radius 1 is 1.35 bits per heavy atom. The largest absolute Gasteiger partial charge is 0.411 e. The van der Waals surface area contributed by atoms with Crippen LogP contribution in [0.2, 0.25) is 0 Å². The van der Waals surface area contributed by atoms with Gasteiger partial charge in [-0.25, -0.2) is 0 Å². The zero-order valence-electron chi connectivity index (χ0n) is 10.0. The third-order valence-electron chi connectivity index (χ3n) is 3.39. The first-order chi connectivity index (χ1) is 8.28. The lowest BCUT2D eigenvalue weighted by Gasteiger charge is -2.22. The van der Waals surface area contributed by atoms with E-state index in [1.165, 1.54) is 12.8 Å². The van der Waals surface area contributed by atoms with Crippen LogP contribution in [0, 0.1) is 5.92 Å². The molecule has 5 nitrogen and oxygen atoms in total. The van der Waals surface area contributed by atoms with Crippen LogP contribution >= 0.6 is 0 Å². The average molecular weight is 240 g/mol. The van der Waals surface area contributed by atoms with Gasteiger partial charge < -0.3 is 15.3 Å². The number of oxime groups is 1. The number of hydrogen-bond donors (Lipinski definition) is 2. The van der Waals surface area contributed by atoms with E-state index in [0.717, 1.165) is 37.9 Å². The lowest BCUT2D eigenvalue weighted by molar-refractivity contribution is -0.128. The SMILES string of the molecule is O=C(COC1CCC(=NO)CC1)NCC1CC1. The number of carbonyl (C=O) groups is 1. The number of rotatable bonds is 5. The van der Waals surface area contributed by atoms with Gasteiger partial charge in [0.2, 0.25) is 5.91 Å². The molecule has 2 saturated carbocycles. The van der Waals surface area contributed by atoms with E-state index in [1.54, 1.807) is 0 Å². The third kappa shape index (κ3) is 4.34. The standard InChI is InChI=1S/C12H20N2O3/c15-12(13-7-9-1-2-9)8-17-11-5-3-10(14-16)4-6-11/h9,11,16H,1-8H2,(H,13,15). The number of carbonyl (C=O) groups excluding carboxylic acids is 1. The average Bonchev–Trinajstić information content (AvgIpc) is 3.18. The number of nitrogens with zero attached hydrogens (tertiary/aromatic N) is 1. The highest BCUT2D eigenvalue weighted by Gasteiger charge is 2.22. The second kappa shape index (κ2) is 6.00. The molecule has 96 valence electrons. The van der Waals surface area contributed by atoms with Crippen molar-refractivity contribution in [1.29, 1.82) is 0 Å². The Balaban J connectivity index is 1.56. The van der Waals surface area contributed by atoms with E-state index >= 15 is 0 Å². The van der Waals surface area contributed by atoms with Gasteiger partial charge in [0.15, 0.2) is 0 Å². The van der Waals surface area contributed by atoms with Crippen LogP contribution in [0.15, 0.2) is 5.16 Å². The van der Waals surface area contributed by atoms with Crippen molar-refractivity contribution in [3.63, 3.8) is 0 Å². The molecule has 17 heavy (non-hydrogen) atoms. The Labute approximate surface area is 101 Å². The van der Waals surface area contributed by atoms with Crippen molar-refractivity contribution < 1.29 is 14.7 Å². The summed E-state index contributed by atoms with van der Waals surface area (Å²) in [4.78, 5) is 11.4.